The Balaban J connectivity index is 2.06. The molecular weight excluding hydrogens is 246 g/mol. The summed E-state index contributed by atoms with van der Waals surface area (Å²) in [6, 6.07) is 5.79. The predicted molar refractivity (Wildman–Crippen MR) is 74.6 cm³/mol. The highest BCUT2D eigenvalue weighted by Crippen LogP contribution is 2.37. The first kappa shape index (κ1) is 12.0. The van der Waals surface area contributed by atoms with Gasteiger partial charge in [0, 0.05) is 0 Å². The molecule has 0 aliphatic heterocycles. The molecule has 1 aromatic carbocycles. The quantitative estimate of drug-likeness (QED) is 0.826. The van der Waals surface area contributed by atoms with E-state index in [1.54, 1.807) is 0 Å². The van der Waals surface area contributed by atoms with Gasteiger partial charge in [-0.1, -0.05) is 37.4 Å². The van der Waals surface area contributed by atoms with Gasteiger partial charge in [-0.2, -0.15) is 0 Å². The van der Waals surface area contributed by atoms with Crippen molar-refractivity contribution < 1.29 is 0 Å². The van der Waals surface area contributed by atoms with Crippen molar-refractivity contribution in [2.24, 2.45) is 11.7 Å². The van der Waals surface area contributed by atoms with Crippen molar-refractivity contribution >= 4 is 22.6 Å². The molecule has 0 saturated heterocycles. The van der Waals surface area contributed by atoms with E-state index < -0.39 is 0 Å². The number of hydrogen-bond donors (Lipinski definition) is 2. The second-order valence-corrected chi connectivity index (χ2v) is 5.99. The summed E-state index contributed by atoms with van der Waals surface area (Å²) in [6.07, 6.45) is 4.42. The molecule has 1 aliphatic carbocycles. The second kappa shape index (κ2) is 4.25. The average Bonchev–Trinajstić information content (AvgIpc) is 2.75. The summed E-state index contributed by atoms with van der Waals surface area (Å²) in [7, 11) is 0. The molecule has 2 atom stereocenters. The van der Waals surface area contributed by atoms with Crippen LogP contribution >= 0.6 is 11.6 Å². The molecule has 1 fully saturated rings. The summed E-state index contributed by atoms with van der Waals surface area (Å²) >= 11 is 6.16. The summed E-state index contributed by atoms with van der Waals surface area (Å²) in [6.45, 7) is 2.26. The number of halogens is 1. The first-order valence-corrected chi connectivity index (χ1v) is 6.90. The number of aromatic nitrogens is 2. The van der Waals surface area contributed by atoms with Gasteiger partial charge in [0.2, 0.25) is 0 Å². The molecule has 1 aromatic heterocycles. The van der Waals surface area contributed by atoms with E-state index in [-0.39, 0.29) is 5.54 Å². The molecule has 18 heavy (non-hydrogen) atoms. The van der Waals surface area contributed by atoms with Crippen LogP contribution < -0.4 is 5.73 Å². The Morgan fingerprint density at radius 3 is 3.06 bits per heavy atom. The van der Waals surface area contributed by atoms with Gasteiger partial charge >= 0.3 is 0 Å². The highest BCUT2D eigenvalue weighted by atomic mass is 35.5. The van der Waals surface area contributed by atoms with Gasteiger partial charge in [0.1, 0.15) is 11.3 Å². The summed E-state index contributed by atoms with van der Waals surface area (Å²) < 4.78 is 0. The third kappa shape index (κ3) is 1.91. The Hall–Kier alpha value is -1.06. The molecule has 0 spiro atoms. The molecule has 2 aromatic rings. The number of imidazole rings is 1. The van der Waals surface area contributed by atoms with Crippen LogP contribution in [-0.2, 0) is 5.54 Å². The lowest BCUT2D eigenvalue weighted by Gasteiger charge is -2.35. The SMILES string of the molecule is CC1CCCC(N)(c2nc3c(Cl)cccc3[nH]2)C1. The molecule has 1 heterocycles. The minimum atomic E-state index is -0.319. The number of nitrogens with two attached hydrogens (primary N) is 1. The fraction of sp³-hybridized carbons (Fsp3) is 0.500. The molecule has 4 heteroatoms. The van der Waals surface area contributed by atoms with Crippen molar-refractivity contribution in [2.45, 2.75) is 38.1 Å². The first-order chi connectivity index (χ1) is 8.58. The topological polar surface area (TPSA) is 54.7 Å². The number of para-hydroxylation sites is 1. The molecule has 96 valence electrons. The minimum Gasteiger partial charge on any atom is -0.340 e. The third-order valence-electron chi connectivity index (χ3n) is 3.97. The lowest BCUT2D eigenvalue weighted by molar-refractivity contribution is 0.230. The van der Waals surface area contributed by atoms with Crippen LogP contribution in [0.25, 0.3) is 11.0 Å². The van der Waals surface area contributed by atoms with Crippen molar-refractivity contribution in [2.75, 3.05) is 0 Å². The summed E-state index contributed by atoms with van der Waals surface area (Å²) in [5, 5.41) is 0.683. The Kier molecular flexibility index (Phi) is 2.83. The maximum Gasteiger partial charge on any atom is 0.127 e. The maximum absolute atomic E-state index is 6.55. The number of fused-ring (bicyclic) bond motifs is 1. The summed E-state index contributed by atoms with van der Waals surface area (Å²) in [5.41, 5.74) is 8.03. The van der Waals surface area contributed by atoms with E-state index >= 15 is 0 Å². The molecule has 3 nitrogen and oxygen atoms in total. The second-order valence-electron chi connectivity index (χ2n) is 5.58. The number of aromatic amines is 1. The fourth-order valence-corrected chi connectivity index (χ4v) is 3.26. The summed E-state index contributed by atoms with van der Waals surface area (Å²) in [4.78, 5) is 7.98. The van der Waals surface area contributed by atoms with E-state index in [4.69, 9.17) is 17.3 Å². The molecule has 0 bridgehead atoms. The third-order valence-corrected chi connectivity index (χ3v) is 4.27. The number of nitrogens with zero attached hydrogens (tertiary/aromatic N) is 1. The fourth-order valence-electron chi connectivity index (χ4n) is 3.04. The van der Waals surface area contributed by atoms with E-state index in [1.165, 1.54) is 12.8 Å². The van der Waals surface area contributed by atoms with Crippen LogP contribution in [0.3, 0.4) is 0 Å². The van der Waals surface area contributed by atoms with Gasteiger partial charge in [0.25, 0.3) is 0 Å². The van der Waals surface area contributed by atoms with Crippen molar-refractivity contribution in [1.82, 2.24) is 9.97 Å². The largest absolute Gasteiger partial charge is 0.340 e. The van der Waals surface area contributed by atoms with E-state index in [9.17, 15) is 0 Å². The molecule has 1 saturated carbocycles. The average molecular weight is 264 g/mol. The number of hydrogen-bond acceptors (Lipinski definition) is 2. The van der Waals surface area contributed by atoms with Crippen LogP contribution in [-0.4, -0.2) is 9.97 Å². The van der Waals surface area contributed by atoms with Crippen molar-refractivity contribution in [1.29, 1.82) is 0 Å². The molecule has 0 amide bonds. The Labute approximate surface area is 112 Å². The lowest BCUT2D eigenvalue weighted by atomic mass is 9.76. The van der Waals surface area contributed by atoms with Gasteiger partial charge in [-0.15, -0.1) is 0 Å². The smallest absolute Gasteiger partial charge is 0.127 e. The van der Waals surface area contributed by atoms with E-state index in [2.05, 4.69) is 16.9 Å². The van der Waals surface area contributed by atoms with Gasteiger partial charge < -0.3 is 10.7 Å². The number of H-pyrrole nitrogens is 1. The Bertz CT molecular complexity index is 577. The van der Waals surface area contributed by atoms with Gasteiger partial charge in [-0.05, 0) is 30.9 Å². The van der Waals surface area contributed by atoms with Crippen LogP contribution in [0.2, 0.25) is 5.02 Å². The van der Waals surface area contributed by atoms with Crippen molar-refractivity contribution in [3.63, 3.8) is 0 Å². The van der Waals surface area contributed by atoms with Crippen LogP contribution in [0.5, 0.6) is 0 Å². The Morgan fingerprint density at radius 1 is 1.50 bits per heavy atom. The molecule has 2 unspecified atom stereocenters. The van der Waals surface area contributed by atoms with E-state index in [0.717, 1.165) is 29.7 Å². The van der Waals surface area contributed by atoms with Crippen LogP contribution in [0.4, 0.5) is 0 Å². The van der Waals surface area contributed by atoms with Crippen LogP contribution in [0, 0.1) is 5.92 Å². The van der Waals surface area contributed by atoms with E-state index in [0.29, 0.717) is 10.9 Å². The first-order valence-electron chi connectivity index (χ1n) is 6.52. The van der Waals surface area contributed by atoms with Gasteiger partial charge in [0.15, 0.2) is 0 Å². The highest BCUT2D eigenvalue weighted by molar-refractivity contribution is 6.34. The zero-order valence-electron chi connectivity index (χ0n) is 10.5. The van der Waals surface area contributed by atoms with Gasteiger partial charge in [-0.3, -0.25) is 0 Å². The number of benzene rings is 1. The maximum atomic E-state index is 6.55. The lowest BCUT2D eigenvalue weighted by Crippen LogP contribution is -2.42. The monoisotopic (exact) mass is 263 g/mol. The number of nitrogens with one attached hydrogen (secondary N) is 1. The standard InChI is InChI=1S/C14H18ClN3/c1-9-4-3-7-14(16,8-9)13-17-11-6-2-5-10(15)12(11)18-13/h2,5-6,9H,3-4,7-8,16H2,1H3,(H,17,18). The van der Waals surface area contributed by atoms with Gasteiger partial charge in [-0.25, -0.2) is 4.98 Å². The predicted octanol–water partition coefficient (Wildman–Crippen LogP) is 3.58. The molecule has 3 rings (SSSR count). The summed E-state index contributed by atoms with van der Waals surface area (Å²) in [5.74, 6) is 1.55. The van der Waals surface area contributed by atoms with Crippen LogP contribution in [0.15, 0.2) is 18.2 Å². The zero-order valence-corrected chi connectivity index (χ0v) is 11.3. The minimum absolute atomic E-state index is 0.319. The molecular formula is C14H18ClN3. The number of rotatable bonds is 1. The van der Waals surface area contributed by atoms with E-state index in [1.807, 2.05) is 18.2 Å². The molecule has 0 radical (unpaired) electrons. The van der Waals surface area contributed by atoms with Gasteiger partial charge in [0.05, 0.1) is 16.1 Å². The zero-order chi connectivity index (χ0) is 12.8. The van der Waals surface area contributed by atoms with Crippen molar-refractivity contribution in [3.8, 4) is 0 Å². The normalized spacial score (nSPS) is 28.7. The molecule has 1 aliphatic rings. The van der Waals surface area contributed by atoms with Crippen molar-refractivity contribution in [3.05, 3.63) is 29.0 Å². The van der Waals surface area contributed by atoms with Crippen LogP contribution in [0.1, 0.15) is 38.4 Å². The Morgan fingerprint density at radius 2 is 2.33 bits per heavy atom. The molecule has 3 N–H and O–H groups in total. The highest BCUT2D eigenvalue weighted by Gasteiger charge is 2.35.